The molecule has 1 heterocycles. The predicted octanol–water partition coefficient (Wildman–Crippen LogP) is 3.92. The Morgan fingerprint density at radius 1 is 1.15 bits per heavy atom. The van der Waals surface area contributed by atoms with Crippen molar-refractivity contribution in [2.75, 3.05) is 16.8 Å². The molecule has 0 saturated carbocycles. The van der Waals surface area contributed by atoms with Crippen LogP contribution in [-0.4, -0.2) is 18.4 Å². The number of anilines is 2. The Bertz CT molecular complexity index is 876. The van der Waals surface area contributed by atoms with E-state index >= 15 is 0 Å². The van der Waals surface area contributed by atoms with Crippen molar-refractivity contribution < 1.29 is 18.4 Å². The molecule has 0 aromatic heterocycles. The van der Waals surface area contributed by atoms with E-state index in [4.69, 9.17) is 0 Å². The summed E-state index contributed by atoms with van der Waals surface area (Å²) in [6, 6.07) is 9.05. The number of amides is 2. The van der Waals surface area contributed by atoms with Crippen LogP contribution in [0.15, 0.2) is 42.5 Å². The molecule has 6 heteroatoms. The summed E-state index contributed by atoms with van der Waals surface area (Å²) in [6.07, 6.45) is 4.18. The lowest BCUT2D eigenvalue weighted by Crippen LogP contribution is -2.35. The number of aryl methyl sites for hydroxylation is 1. The summed E-state index contributed by atoms with van der Waals surface area (Å²) in [6.45, 7) is 1.81. The predicted molar refractivity (Wildman–Crippen MR) is 96.8 cm³/mol. The van der Waals surface area contributed by atoms with Gasteiger partial charge in [0.1, 0.15) is 11.6 Å². The topological polar surface area (TPSA) is 49.4 Å². The number of hydrogen-bond donors (Lipinski definition) is 1. The number of carbonyl (C=O) groups excluding carboxylic acids is 2. The van der Waals surface area contributed by atoms with Crippen LogP contribution in [0.4, 0.5) is 20.2 Å². The molecule has 2 aromatic carbocycles. The number of benzene rings is 2. The van der Waals surface area contributed by atoms with Crippen molar-refractivity contribution in [3.8, 4) is 0 Å². The Labute approximate surface area is 150 Å². The summed E-state index contributed by atoms with van der Waals surface area (Å²) in [5.41, 5.74) is 2.10. The van der Waals surface area contributed by atoms with E-state index in [1.807, 2.05) is 0 Å². The van der Waals surface area contributed by atoms with Crippen LogP contribution >= 0.6 is 0 Å². The van der Waals surface area contributed by atoms with Crippen LogP contribution in [-0.2, 0) is 16.0 Å². The van der Waals surface area contributed by atoms with Gasteiger partial charge in [0.15, 0.2) is 0 Å². The maximum Gasteiger partial charge on any atom is 0.251 e. The summed E-state index contributed by atoms with van der Waals surface area (Å²) in [5.74, 6) is -1.88. The normalized spacial score (nSPS) is 13.6. The smallest absolute Gasteiger partial charge is 0.251 e. The number of nitrogens with zero attached hydrogens (tertiary/aromatic N) is 1. The second-order valence-electron chi connectivity index (χ2n) is 6.13. The van der Waals surface area contributed by atoms with Crippen molar-refractivity contribution in [2.24, 2.45) is 0 Å². The van der Waals surface area contributed by atoms with Crippen LogP contribution in [0.2, 0.25) is 0 Å². The molecule has 0 aliphatic carbocycles. The van der Waals surface area contributed by atoms with Crippen LogP contribution in [0.1, 0.15) is 24.5 Å². The highest BCUT2D eigenvalue weighted by Gasteiger charge is 2.25. The van der Waals surface area contributed by atoms with Crippen molar-refractivity contribution in [1.29, 1.82) is 0 Å². The third-order valence-corrected chi connectivity index (χ3v) is 4.12. The Morgan fingerprint density at radius 3 is 2.58 bits per heavy atom. The fraction of sp³-hybridized carbons (Fsp3) is 0.200. The Balaban J connectivity index is 1.77. The molecule has 134 valence electrons. The maximum absolute atomic E-state index is 14.2. The van der Waals surface area contributed by atoms with E-state index in [0.717, 1.165) is 11.6 Å². The number of carbonyl (C=O) groups is 2. The van der Waals surface area contributed by atoms with Crippen molar-refractivity contribution in [3.05, 3.63) is 65.2 Å². The van der Waals surface area contributed by atoms with Crippen molar-refractivity contribution in [2.45, 2.75) is 19.8 Å². The van der Waals surface area contributed by atoms with E-state index in [2.05, 4.69) is 5.32 Å². The first kappa shape index (κ1) is 17.8. The van der Waals surface area contributed by atoms with E-state index in [-0.39, 0.29) is 17.5 Å². The highest BCUT2D eigenvalue weighted by atomic mass is 19.1. The van der Waals surface area contributed by atoms with Crippen LogP contribution in [0.25, 0.3) is 6.08 Å². The quantitative estimate of drug-likeness (QED) is 0.848. The number of fused-ring (bicyclic) bond motifs is 1. The van der Waals surface area contributed by atoms with Crippen LogP contribution in [0, 0.1) is 11.6 Å². The van der Waals surface area contributed by atoms with E-state index in [9.17, 15) is 18.4 Å². The fourth-order valence-electron chi connectivity index (χ4n) is 3.01. The van der Waals surface area contributed by atoms with Gasteiger partial charge in [0, 0.05) is 31.3 Å². The average molecular weight is 356 g/mol. The Kier molecular flexibility index (Phi) is 5.11. The van der Waals surface area contributed by atoms with Gasteiger partial charge >= 0.3 is 0 Å². The Hall–Kier alpha value is -3.02. The molecule has 1 N–H and O–H groups in total. The zero-order valence-corrected chi connectivity index (χ0v) is 14.3. The highest BCUT2D eigenvalue weighted by Crippen LogP contribution is 2.31. The molecule has 1 aliphatic heterocycles. The van der Waals surface area contributed by atoms with Gasteiger partial charge in [-0.3, -0.25) is 9.59 Å². The molecule has 0 bridgehead atoms. The molecule has 0 radical (unpaired) electrons. The summed E-state index contributed by atoms with van der Waals surface area (Å²) in [7, 11) is 0. The van der Waals surface area contributed by atoms with Gasteiger partial charge in [-0.1, -0.05) is 12.1 Å². The highest BCUT2D eigenvalue weighted by molar-refractivity contribution is 6.04. The minimum Gasteiger partial charge on any atom is -0.326 e. The lowest BCUT2D eigenvalue weighted by molar-refractivity contribution is -0.115. The lowest BCUT2D eigenvalue weighted by Gasteiger charge is -2.29. The molecule has 0 saturated heterocycles. The summed E-state index contributed by atoms with van der Waals surface area (Å²) >= 11 is 0. The zero-order chi connectivity index (χ0) is 18.7. The van der Waals surface area contributed by atoms with Gasteiger partial charge in [0.2, 0.25) is 5.91 Å². The van der Waals surface area contributed by atoms with Crippen molar-refractivity contribution >= 4 is 29.3 Å². The lowest BCUT2D eigenvalue weighted by atomic mass is 10.0. The average Bonchev–Trinajstić information content (AvgIpc) is 2.59. The zero-order valence-electron chi connectivity index (χ0n) is 14.3. The fourth-order valence-corrected chi connectivity index (χ4v) is 3.01. The van der Waals surface area contributed by atoms with Gasteiger partial charge in [-0.2, -0.15) is 0 Å². The van der Waals surface area contributed by atoms with Gasteiger partial charge in [-0.05, 0) is 48.2 Å². The van der Waals surface area contributed by atoms with E-state index < -0.39 is 11.6 Å². The van der Waals surface area contributed by atoms with Gasteiger partial charge in [-0.25, -0.2) is 8.78 Å². The first-order valence-electron chi connectivity index (χ1n) is 8.29. The third kappa shape index (κ3) is 3.96. The molecule has 0 fully saturated rings. The van der Waals surface area contributed by atoms with E-state index in [1.165, 1.54) is 24.0 Å². The molecule has 26 heavy (non-hydrogen) atoms. The van der Waals surface area contributed by atoms with Gasteiger partial charge < -0.3 is 10.2 Å². The van der Waals surface area contributed by atoms with Gasteiger partial charge in [0.25, 0.3) is 5.91 Å². The van der Waals surface area contributed by atoms with Crippen LogP contribution in [0.5, 0.6) is 0 Å². The second kappa shape index (κ2) is 7.47. The molecule has 3 rings (SSSR count). The number of nitrogens with one attached hydrogen (secondary N) is 1. The van der Waals surface area contributed by atoms with E-state index in [1.54, 1.807) is 30.3 Å². The molecule has 2 aromatic rings. The van der Waals surface area contributed by atoms with Gasteiger partial charge in [0.05, 0.1) is 5.69 Å². The molecular formula is C20H18F2N2O2. The molecule has 2 amide bonds. The molecule has 4 nitrogen and oxygen atoms in total. The monoisotopic (exact) mass is 356 g/mol. The van der Waals surface area contributed by atoms with Crippen molar-refractivity contribution in [3.63, 3.8) is 0 Å². The minimum atomic E-state index is -0.721. The third-order valence-electron chi connectivity index (χ3n) is 4.12. The number of hydrogen-bond acceptors (Lipinski definition) is 2. The molecule has 0 unspecified atom stereocenters. The van der Waals surface area contributed by atoms with Crippen molar-refractivity contribution in [1.82, 2.24) is 0 Å². The number of halogens is 2. The largest absolute Gasteiger partial charge is 0.326 e. The van der Waals surface area contributed by atoms with Gasteiger partial charge in [-0.15, -0.1) is 0 Å². The maximum atomic E-state index is 14.2. The molecule has 0 spiro atoms. The number of rotatable bonds is 3. The van der Waals surface area contributed by atoms with Crippen LogP contribution in [0.3, 0.4) is 0 Å². The molecule has 0 atom stereocenters. The van der Waals surface area contributed by atoms with E-state index in [0.29, 0.717) is 30.6 Å². The first-order chi connectivity index (χ1) is 12.4. The Morgan fingerprint density at radius 2 is 1.88 bits per heavy atom. The standard InChI is InChI=1S/C20H18F2N2O2/c1-13(25)23-17-7-4-14(5-8-17)6-9-19(26)24-10-2-3-15-11-16(21)12-18(22)20(15)24/h4-9,11-12H,2-3,10H2,1H3,(H,23,25)/b9-6+. The molecular weight excluding hydrogens is 338 g/mol. The molecule has 1 aliphatic rings. The van der Waals surface area contributed by atoms with Crippen LogP contribution < -0.4 is 10.2 Å². The first-order valence-corrected chi connectivity index (χ1v) is 8.29. The summed E-state index contributed by atoms with van der Waals surface area (Å²) < 4.78 is 27.5. The second-order valence-corrected chi connectivity index (χ2v) is 6.13. The minimum absolute atomic E-state index is 0.160. The summed E-state index contributed by atoms with van der Waals surface area (Å²) in [4.78, 5) is 24.9. The SMILES string of the molecule is CC(=O)Nc1ccc(/C=C/C(=O)N2CCCc3cc(F)cc(F)c32)cc1. The summed E-state index contributed by atoms with van der Waals surface area (Å²) in [5, 5.41) is 2.66.